The number of rotatable bonds is 4. The van der Waals surface area contributed by atoms with E-state index in [0.29, 0.717) is 5.82 Å². The Morgan fingerprint density at radius 3 is 2.95 bits per heavy atom. The van der Waals surface area contributed by atoms with E-state index in [9.17, 15) is 4.79 Å². The Morgan fingerprint density at radius 2 is 2.30 bits per heavy atom. The largest absolute Gasteiger partial charge is 0.343 e. The van der Waals surface area contributed by atoms with E-state index in [4.69, 9.17) is 0 Å². The topological polar surface area (TPSA) is 70.7 Å². The van der Waals surface area contributed by atoms with Gasteiger partial charge in [0.25, 0.3) is 0 Å². The standard InChI is InChI=1S/C14H15BrN4O/c1-9-3-4-11(12(15)7-9)5-6-13(20)18-10(2)14-16-8-17-19-14/h3-8,10H,1-2H3,(H,18,20)(H,16,17,19)/b6-5+. The maximum atomic E-state index is 11.8. The van der Waals surface area contributed by atoms with E-state index in [1.54, 1.807) is 6.08 Å². The Hall–Kier alpha value is -1.95. The molecule has 1 aromatic heterocycles. The first-order valence-electron chi connectivity index (χ1n) is 6.16. The summed E-state index contributed by atoms with van der Waals surface area (Å²) in [6.07, 6.45) is 4.69. The number of nitrogens with zero attached hydrogens (tertiary/aromatic N) is 2. The molecule has 6 heteroatoms. The quantitative estimate of drug-likeness (QED) is 0.844. The highest BCUT2D eigenvalue weighted by atomic mass is 79.9. The van der Waals surface area contributed by atoms with E-state index in [2.05, 4.69) is 36.4 Å². The van der Waals surface area contributed by atoms with Crippen molar-refractivity contribution >= 4 is 27.9 Å². The number of carbonyl (C=O) groups is 1. The zero-order valence-electron chi connectivity index (χ0n) is 11.2. The van der Waals surface area contributed by atoms with Crippen molar-refractivity contribution < 1.29 is 4.79 Å². The maximum Gasteiger partial charge on any atom is 0.244 e. The number of amides is 1. The van der Waals surface area contributed by atoms with Crippen molar-refractivity contribution in [2.24, 2.45) is 0 Å². The van der Waals surface area contributed by atoms with Crippen LogP contribution in [-0.4, -0.2) is 21.1 Å². The van der Waals surface area contributed by atoms with Crippen molar-refractivity contribution in [1.82, 2.24) is 20.5 Å². The Bertz CT molecular complexity index is 622. The number of hydrogen-bond acceptors (Lipinski definition) is 3. The minimum atomic E-state index is -0.212. The van der Waals surface area contributed by atoms with E-state index >= 15 is 0 Å². The van der Waals surface area contributed by atoms with Crippen LogP contribution in [-0.2, 0) is 4.79 Å². The zero-order valence-corrected chi connectivity index (χ0v) is 12.8. The van der Waals surface area contributed by atoms with E-state index in [1.165, 1.54) is 12.4 Å². The SMILES string of the molecule is Cc1ccc(/C=C/C(=O)NC(C)c2ncn[nH]2)c(Br)c1. The van der Waals surface area contributed by atoms with Gasteiger partial charge in [0.2, 0.25) is 5.91 Å². The molecule has 0 saturated heterocycles. The Balaban J connectivity index is 1.99. The van der Waals surface area contributed by atoms with Crippen LogP contribution in [0.15, 0.2) is 35.1 Å². The lowest BCUT2D eigenvalue weighted by Crippen LogP contribution is -2.25. The first-order valence-corrected chi connectivity index (χ1v) is 6.95. The van der Waals surface area contributed by atoms with Gasteiger partial charge >= 0.3 is 0 Å². The third kappa shape index (κ3) is 3.77. The van der Waals surface area contributed by atoms with Crippen LogP contribution in [0.1, 0.15) is 29.9 Å². The average molecular weight is 335 g/mol. The zero-order chi connectivity index (χ0) is 14.5. The summed E-state index contributed by atoms with van der Waals surface area (Å²) >= 11 is 3.47. The molecule has 0 radical (unpaired) electrons. The second-order valence-corrected chi connectivity index (χ2v) is 5.31. The summed E-state index contributed by atoms with van der Waals surface area (Å²) in [4.78, 5) is 15.8. The van der Waals surface area contributed by atoms with Crippen LogP contribution in [0.25, 0.3) is 6.08 Å². The molecule has 0 saturated carbocycles. The highest BCUT2D eigenvalue weighted by Crippen LogP contribution is 2.19. The van der Waals surface area contributed by atoms with Gasteiger partial charge in [0.05, 0.1) is 6.04 Å². The van der Waals surface area contributed by atoms with E-state index in [0.717, 1.165) is 15.6 Å². The average Bonchev–Trinajstić information content (AvgIpc) is 2.91. The van der Waals surface area contributed by atoms with Crippen LogP contribution in [0, 0.1) is 6.92 Å². The van der Waals surface area contributed by atoms with Gasteiger partial charge in [0.15, 0.2) is 0 Å². The van der Waals surface area contributed by atoms with Crippen LogP contribution in [0.4, 0.5) is 0 Å². The van der Waals surface area contributed by atoms with Gasteiger partial charge < -0.3 is 5.32 Å². The van der Waals surface area contributed by atoms with Crippen LogP contribution in [0.2, 0.25) is 0 Å². The van der Waals surface area contributed by atoms with Gasteiger partial charge in [0, 0.05) is 10.5 Å². The minimum Gasteiger partial charge on any atom is -0.343 e. The van der Waals surface area contributed by atoms with E-state index < -0.39 is 0 Å². The number of nitrogens with one attached hydrogen (secondary N) is 2. The van der Waals surface area contributed by atoms with E-state index in [-0.39, 0.29) is 11.9 Å². The van der Waals surface area contributed by atoms with Gasteiger partial charge in [-0.2, -0.15) is 5.10 Å². The third-order valence-electron chi connectivity index (χ3n) is 2.77. The summed E-state index contributed by atoms with van der Waals surface area (Å²) < 4.78 is 0.963. The number of hydrogen-bond donors (Lipinski definition) is 2. The first-order chi connectivity index (χ1) is 9.56. The highest BCUT2D eigenvalue weighted by molar-refractivity contribution is 9.10. The maximum absolute atomic E-state index is 11.8. The second-order valence-electron chi connectivity index (χ2n) is 4.46. The molecule has 2 aromatic rings. The van der Waals surface area contributed by atoms with E-state index in [1.807, 2.05) is 32.0 Å². The molecule has 1 aromatic carbocycles. The number of carbonyl (C=O) groups excluding carboxylic acids is 1. The van der Waals surface area contributed by atoms with Crippen molar-refractivity contribution in [2.75, 3.05) is 0 Å². The van der Waals surface area contributed by atoms with Gasteiger partial charge in [-0.1, -0.05) is 28.1 Å². The third-order valence-corrected chi connectivity index (χ3v) is 3.46. The van der Waals surface area contributed by atoms with Crippen molar-refractivity contribution in [1.29, 1.82) is 0 Å². The Kier molecular flexibility index (Phi) is 4.68. The van der Waals surface area contributed by atoms with Crippen molar-refractivity contribution in [2.45, 2.75) is 19.9 Å². The van der Waals surface area contributed by atoms with Gasteiger partial charge in [-0.25, -0.2) is 4.98 Å². The molecule has 1 atom stereocenters. The molecule has 1 unspecified atom stereocenters. The molecule has 2 rings (SSSR count). The summed E-state index contributed by atoms with van der Waals surface area (Å²) in [7, 11) is 0. The van der Waals surface area contributed by atoms with Crippen LogP contribution in [0.5, 0.6) is 0 Å². The van der Waals surface area contributed by atoms with Gasteiger partial charge in [0.1, 0.15) is 12.2 Å². The summed E-state index contributed by atoms with van der Waals surface area (Å²) in [6.45, 7) is 3.86. The lowest BCUT2D eigenvalue weighted by molar-refractivity contribution is -0.117. The molecule has 5 nitrogen and oxygen atoms in total. The lowest BCUT2D eigenvalue weighted by Gasteiger charge is -2.08. The minimum absolute atomic E-state index is 0.179. The predicted octanol–water partition coefficient (Wildman–Crippen LogP) is 2.77. The number of H-pyrrole nitrogens is 1. The molecule has 1 heterocycles. The molecule has 1 amide bonds. The molecule has 20 heavy (non-hydrogen) atoms. The molecular weight excluding hydrogens is 320 g/mol. The predicted molar refractivity (Wildman–Crippen MR) is 80.9 cm³/mol. The fraction of sp³-hybridized carbons (Fsp3) is 0.214. The number of halogens is 1. The number of aromatic amines is 1. The van der Waals surface area contributed by atoms with Crippen LogP contribution < -0.4 is 5.32 Å². The summed E-state index contributed by atoms with van der Waals surface area (Å²) in [6, 6.07) is 5.76. The van der Waals surface area contributed by atoms with Crippen LogP contribution >= 0.6 is 15.9 Å². The molecule has 0 bridgehead atoms. The van der Waals surface area contributed by atoms with Crippen molar-refractivity contribution in [3.8, 4) is 0 Å². The highest BCUT2D eigenvalue weighted by Gasteiger charge is 2.09. The fourth-order valence-corrected chi connectivity index (χ4v) is 2.31. The first kappa shape index (κ1) is 14.5. The second kappa shape index (κ2) is 6.47. The number of aryl methyl sites for hydroxylation is 1. The van der Waals surface area contributed by atoms with Gasteiger partial charge in [-0.05, 0) is 37.1 Å². The molecule has 2 N–H and O–H groups in total. The summed E-state index contributed by atoms with van der Waals surface area (Å²) in [5, 5.41) is 9.28. The summed E-state index contributed by atoms with van der Waals surface area (Å²) in [5.74, 6) is 0.449. The van der Waals surface area contributed by atoms with Gasteiger partial charge in [-0.15, -0.1) is 0 Å². The molecule has 0 fully saturated rings. The monoisotopic (exact) mass is 334 g/mol. The molecule has 104 valence electrons. The van der Waals surface area contributed by atoms with Crippen molar-refractivity contribution in [3.05, 3.63) is 52.0 Å². The Labute approximate surface area is 125 Å². The van der Waals surface area contributed by atoms with Crippen LogP contribution in [0.3, 0.4) is 0 Å². The van der Waals surface area contributed by atoms with Crippen molar-refractivity contribution in [3.63, 3.8) is 0 Å². The normalized spacial score (nSPS) is 12.6. The number of benzene rings is 1. The molecule has 0 aliphatic heterocycles. The molecular formula is C14H15BrN4O. The van der Waals surface area contributed by atoms with Gasteiger partial charge in [-0.3, -0.25) is 9.89 Å². The smallest absolute Gasteiger partial charge is 0.244 e. The number of aromatic nitrogens is 3. The fourth-order valence-electron chi connectivity index (χ4n) is 1.69. The molecule has 0 aliphatic rings. The Morgan fingerprint density at radius 1 is 1.50 bits per heavy atom. The summed E-state index contributed by atoms with van der Waals surface area (Å²) in [5.41, 5.74) is 2.12. The lowest BCUT2D eigenvalue weighted by atomic mass is 10.1. The molecule has 0 aliphatic carbocycles. The molecule has 0 spiro atoms.